The molecule has 0 saturated carbocycles. The van der Waals surface area contributed by atoms with Crippen molar-refractivity contribution in [1.82, 2.24) is 9.96 Å². The zero-order valence-corrected chi connectivity index (χ0v) is 11.8. The minimum atomic E-state index is -4.20. The maximum atomic E-state index is 12.3. The lowest BCUT2D eigenvalue weighted by Crippen LogP contribution is -2.54. The summed E-state index contributed by atoms with van der Waals surface area (Å²) in [6.07, 6.45) is -4.20. The molecular formula is C12H21F3N2O2. The summed E-state index contributed by atoms with van der Waals surface area (Å²) in [5.74, 6) is -0.371. The number of carbonyl (C=O) groups is 1. The van der Waals surface area contributed by atoms with Crippen LogP contribution in [0, 0.1) is 5.41 Å². The van der Waals surface area contributed by atoms with E-state index in [-0.39, 0.29) is 25.1 Å². The highest BCUT2D eigenvalue weighted by atomic mass is 19.4. The van der Waals surface area contributed by atoms with Crippen LogP contribution in [0.1, 0.15) is 27.7 Å². The van der Waals surface area contributed by atoms with Crippen LogP contribution in [0.3, 0.4) is 0 Å². The van der Waals surface area contributed by atoms with Gasteiger partial charge < -0.3 is 4.84 Å². The van der Waals surface area contributed by atoms with Gasteiger partial charge in [0.05, 0.1) is 18.5 Å². The second kappa shape index (κ2) is 5.66. The zero-order valence-electron chi connectivity index (χ0n) is 11.8. The topological polar surface area (TPSA) is 32.8 Å². The second-order valence-electron chi connectivity index (χ2n) is 5.95. The molecular weight excluding hydrogens is 261 g/mol. The number of hydrogen-bond donors (Lipinski definition) is 0. The second-order valence-corrected chi connectivity index (χ2v) is 5.95. The van der Waals surface area contributed by atoms with Gasteiger partial charge in [0.25, 0.3) is 0 Å². The summed E-state index contributed by atoms with van der Waals surface area (Å²) < 4.78 is 37.0. The minimum absolute atomic E-state index is 0.234. The first-order valence-corrected chi connectivity index (χ1v) is 6.27. The third-order valence-corrected chi connectivity index (χ3v) is 2.93. The Hall–Kier alpha value is -0.820. The number of hydroxylamine groups is 2. The van der Waals surface area contributed by atoms with E-state index in [9.17, 15) is 18.0 Å². The van der Waals surface area contributed by atoms with Gasteiger partial charge >= 0.3 is 12.1 Å². The Morgan fingerprint density at radius 2 is 1.84 bits per heavy atom. The van der Waals surface area contributed by atoms with E-state index in [0.29, 0.717) is 6.54 Å². The summed E-state index contributed by atoms with van der Waals surface area (Å²) in [4.78, 5) is 18.2. The first-order chi connectivity index (χ1) is 8.49. The van der Waals surface area contributed by atoms with Crippen molar-refractivity contribution in [3.63, 3.8) is 0 Å². The lowest BCUT2D eigenvalue weighted by Gasteiger charge is -2.39. The predicted octanol–water partition coefficient (Wildman–Crippen LogP) is 2.06. The van der Waals surface area contributed by atoms with Crippen molar-refractivity contribution >= 4 is 5.97 Å². The van der Waals surface area contributed by atoms with Gasteiger partial charge in [0.15, 0.2) is 0 Å². The number of nitrogens with zero attached hydrogens (tertiary/aromatic N) is 2. The molecule has 7 heteroatoms. The van der Waals surface area contributed by atoms with Gasteiger partial charge in [0.2, 0.25) is 0 Å². The van der Waals surface area contributed by atoms with Gasteiger partial charge in [-0.25, -0.2) is 4.79 Å². The van der Waals surface area contributed by atoms with Crippen molar-refractivity contribution < 1.29 is 22.8 Å². The van der Waals surface area contributed by atoms with Crippen molar-refractivity contribution in [2.75, 3.05) is 26.2 Å². The molecule has 0 N–H and O–H groups in total. The van der Waals surface area contributed by atoms with Gasteiger partial charge in [-0.05, 0) is 27.7 Å². The molecule has 0 aromatic heterocycles. The van der Waals surface area contributed by atoms with E-state index in [2.05, 4.69) is 0 Å². The lowest BCUT2D eigenvalue weighted by molar-refractivity contribution is -0.217. The third-order valence-electron chi connectivity index (χ3n) is 2.93. The van der Waals surface area contributed by atoms with Crippen LogP contribution >= 0.6 is 0 Å². The molecule has 0 aromatic rings. The molecule has 1 aliphatic heterocycles. The summed E-state index contributed by atoms with van der Waals surface area (Å²) in [6.45, 7) is 6.80. The molecule has 0 unspecified atom stereocenters. The SMILES string of the molecule is C[C@H]1CN(OC(=O)C(C)(C)C)CCN1CC(F)(F)F. The normalized spacial score (nSPS) is 23.4. The van der Waals surface area contributed by atoms with Crippen molar-refractivity contribution in [2.45, 2.75) is 39.9 Å². The molecule has 1 rings (SSSR count). The van der Waals surface area contributed by atoms with Crippen LogP contribution in [0.5, 0.6) is 0 Å². The standard InChI is InChI=1S/C12H21F3N2O2/c1-9-7-17(19-10(18)11(2,3)4)6-5-16(9)8-12(13,14)15/h9H,5-8H2,1-4H3/t9-/m0/s1. The summed E-state index contributed by atoms with van der Waals surface area (Å²) in [5.41, 5.74) is -0.619. The lowest BCUT2D eigenvalue weighted by atomic mass is 9.98. The fourth-order valence-electron chi connectivity index (χ4n) is 1.76. The highest BCUT2D eigenvalue weighted by Crippen LogP contribution is 2.21. The Bertz CT molecular complexity index is 326. The molecule has 1 saturated heterocycles. The molecule has 1 atom stereocenters. The number of piperazine rings is 1. The van der Waals surface area contributed by atoms with Crippen LogP contribution in [0.25, 0.3) is 0 Å². The largest absolute Gasteiger partial charge is 0.401 e. The Kier molecular flexibility index (Phi) is 4.84. The van der Waals surface area contributed by atoms with Crippen LogP contribution in [-0.2, 0) is 9.63 Å². The van der Waals surface area contributed by atoms with Gasteiger partial charge in [-0.1, -0.05) is 0 Å². The molecule has 0 aliphatic carbocycles. The van der Waals surface area contributed by atoms with E-state index < -0.39 is 18.1 Å². The number of rotatable bonds is 2. The average molecular weight is 282 g/mol. The van der Waals surface area contributed by atoms with Crippen molar-refractivity contribution in [2.24, 2.45) is 5.41 Å². The minimum Gasteiger partial charge on any atom is -0.367 e. The van der Waals surface area contributed by atoms with Crippen LogP contribution < -0.4 is 0 Å². The Balaban J connectivity index is 2.48. The maximum Gasteiger partial charge on any atom is 0.401 e. The van der Waals surface area contributed by atoms with E-state index in [1.54, 1.807) is 27.7 Å². The molecule has 1 aliphatic rings. The zero-order chi connectivity index (χ0) is 14.8. The number of carbonyl (C=O) groups excluding carboxylic acids is 1. The fraction of sp³-hybridized carbons (Fsp3) is 0.917. The monoisotopic (exact) mass is 282 g/mol. The molecule has 0 spiro atoms. The molecule has 0 aromatic carbocycles. The van der Waals surface area contributed by atoms with Gasteiger partial charge in [-0.3, -0.25) is 4.90 Å². The molecule has 0 bridgehead atoms. The molecule has 19 heavy (non-hydrogen) atoms. The van der Waals surface area contributed by atoms with E-state index >= 15 is 0 Å². The number of hydrogen-bond acceptors (Lipinski definition) is 4. The Morgan fingerprint density at radius 3 is 2.26 bits per heavy atom. The van der Waals surface area contributed by atoms with Gasteiger partial charge in [-0.15, -0.1) is 5.06 Å². The van der Waals surface area contributed by atoms with E-state index in [0.717, 1.165) is 0 Å². The summed E-state index contributed by atoms with van der Waals surface area (Å²) >= 11 is 0. The summed E-state index contributed by atoms with van der Waals surface area (Å²) in [5, 5.41) is 1.45. The Morgan fingerprint density at radius 1 is 1.26 bits per heavy atom. The quantitative estimate of drug-likeness (QED) is 0.776. The summed E-state index contributed by atoms with van der Waals surface area (Å²) in [7, 11) is 0. The smallest absolute Gasteiger partial charge is 0.367 e. The first-order valence-electron chi connectivity index (χ1n) is 6.27. The predicted molar refractivity (Wildman–Crippen MR) is 64.2 cm³/mol. The molecule has 4 nitrogen and oxygen atoms in total. The van der Waals surface area contributed by atoms with Crippen molar-refractivity contribution in [3.05, 3.63) is 0 Å². The van der Waals surface area contributed by atoms with Crippen LogP contribution in [0.15, 0.2) is 0 Å². The van der Waals surface area contributed by atoms with E-state index in [1.165, 1.54) is 9.96 Å². The van der Waals surface area contributed by atoms with Crippen LogP contribution in [0.4, 0.5) is 13.2 Å². The molecule has 1 fully saturated rings. The Labute approximate surface area is 111 Å². The van der Waals surface area contributed by atoms with E-state index in [4.69, 9.17) is 4.84 Å². The molecule has 112 valence electrons. The van der Waals surface area contributed by atoms with Gasteiger partial charge in [0.1, 0.15) is 0 Å². The summed E-state index contributed by atoms with van der Waals surface area (Å²) in [6, 6.07) is -0.303. The molecule has 0 amide bonds. The molecule has 0 radical (unpaired) electrons. The number of halogens is 3. The van der Waals surface area contributed by atoms with Crippen LogP contribution in [0.2, 0.25) is 0 Å². The fourth-order valence-corrected chi connectivity index (χ4v) is 1.76. The molecule has 1 heterocycles. The van der Waals surface area contributed by atoms with Crippen molar-refractivity contribution in [3.8, 4) is 0 Å². The average Bonchev–Trinajstić information content (AvgIpc) is 2.19. The van der Waals surface area contributed by atoms with Crippen LogP contribution in [-0.4, -0.2) is 54.3 Å². The third kappa shape index (κ3) is 5.36. The van der Waals surface area contributed by atoms with Gasteiger partial charge in [0, 0.05) is 19.1 Å². The highest BCUT2D eigenvalue weighted by Gasteiger charge is 2.36. The first kappa shape index (κ1) is 16.2. The number of alkyl halides is 3. The van der Waals surface area contributed by atoms with E-state index in [1.807, 2.05) is 0 Å². The van der Waals surface area contributed by atoms with Gasteiger partial charge in [-0.2, -0.15) is 13.2 Å². The maximum absolute atomic E-state index is 12.3. The van der Waals surface area contributed by atoms with Crippen molar-refractivity contribution in [1.29, 1.82) is 0 Å². The highest BCUT2D eigenvalue weighted by molar-refractivity contribution is 5.75.